The largest absolute Gasteiger partial charge is 0.307 e. The molecule has 0 bridgehead atoms. The van der Waals surface area contributed by atoms with E-state index >= 15 is 0 Å². The van der Waals surface area contributed by atoms with Gasteiger partial charge in [0.25, 0.3) is 0 Å². The lowest BCUT2D eigenvalue weighted by atomic mass is 9.82. The van der Waals surface area contributed by atoms with Gasteiger partial charge in [-0.15, -0.1) is 23.1 Å². The Morgan fingerprint density at radius 1 is 1.30 bits per heavy atom. The van der Waals surface area contributed by atoms with Crippen LogP contribution in [0.3, 0.4) is 0 Å². The second kappa shape index (κ2) is 6.85. The van der Waals surface area contributed by atoms with Crippen LogP contribution in [-0.4, -0.2) is 11.3 Å². The maximum atomic E-state index is 4.04. The Labute approximate surface area is 131 Å². The monoisotopic (exact) mass is 309 g/mol. The highest BCUT2D eigenvalue weighted by Crippen LogP contribution is 2.44. The molecule has 1 N–H and O–H groups in total. The van der Waals surface area contributed by atoms with Crippen molar-refractivity contribution >= 4 is 23.1 Å². The second-order valence-corrected chi connectivity index (χ2v) is 9.08. The van der Waals surface area contributed by atoms with Gasteiger partial charge in [-0.25, -0.2) is 0 Å². The highest BCUT2D eigenvalue weighted by Gasteiger charge is 2.30. The zero-order valence-electron chi connectivity index (χ0n) is 12.7. The molecule has 3 atom stereocenters. The van der Waals surface area contributed by atoms with E-state index in [4.69, 9.17) is 0 Å². The van der Waals surface area contributed by atoms with Crippen LogP contribution >= 0.6 is 23.1 Å². The molecular weight excluding hydrogens is 282 g/mol. The molecule has 3 rings (SSSR count). The molecule has 3 heteroatoms. The molecule has 1 saturated carbocycles. The zero-order valence-corrected chi connectivity index (χ0v) is 14.4. The van der Waals surface area contributed by atoms with Gasteiger partial charge in [-0.2, -0.15) is 0 Å². The van der Waals surface area contributed by atoms with E-state index in [0.29, 0.717) is 6.04 Å². The van der Waals surface area contributed by atoms with Crippen LogP contribution in [0.4, 0.5) is 0 Å². The fourth-order valence-electron chi connectivity index (χ4n) is 3.89. The van der Waals surface area contributed by atoms with Gasteiger partial charge in [0.2, 0.25) is 0 Å². The molecule has 1 aliphatic heterocycles. The molecule has 1 aromatic heterocycles. The summed E-state index contributed by atoms with van der Waals surface area (Å²) in [7, 11) is 0. The van der Waals surface area contributed by atoms with Crippen molar-refractivity contribution in [3.8, 4) is 0 Å². The second-order valence-electron chi connectivity index (χ2n) is 6.46. The smallest absolute Gasteiger partial charge is 0.0649 e. The predicted molar refractivity (Wildman–Crippen MR) is 90.8 cm³/mol. The third-order valence-electron chi connectivity index (χ3n) is 4.98. The van der Waals surface area contributed by atoms with E-state index in [0.717, 1.165) is 17.2 Å². The lowest BCUT2D eigenvalue weighted by Crippen LogP contribution is -2.40. The zero-order chi connectivity index (χ0) is 13.9. The first-order valence-electron chi connectivity index (χ1n) is 8.28. The summed E-state index contributed by atoms with van der Waals surface area (Å²) in [4.78, 5) is 0. The van der Waals surface area contributed by atoms with E-state index < -0.39 is 0 Å². The topological polar surface area (TPSA) is 12.0 Å². The first kappa shape index (κ1) is 14.9. The standard InChI is InChI=1S/C17H27NS2/c1-3-15(13-7-5-4-6-8-13)18-16-11-12(2)20-17-14(16)9-10-19-17/h9-10,12-13,15-16,18H,3-8,11H2,1-2H3/t12-,15?,16?/m0/s1. The fourth-order valence-corrected chi connectivity index (χ4v) is 6.46. The summed E-state index contributed by atoms with van der Waals surface area (Å²) >= 11 is 4.00. The molecule has 0 aromatic carbocycles. The van der Waals surface area contributed by atoms with Crippen molar-refractivity contribution in [2.24, 2.45) is 5.92 Å². The Bertz CT molecular complexity index is 422. The molecule has 0 radical (unpaired) electrons. The van der Waals surface area contributed by atoms with Gasteiger partial charge < -0.3 is 5.32 Å². The Hall–Kier alpha value is 0.0100. The van der Waals surface area contributed by atoms with Crippen molar-refractivity contribution in [3.63, 3.8) is 0 Å². The van der Waals surface area contributed by atoms with E-state index in [-0.39, 0.29) is 0 Å². The van der Waals surface area contributed by atoms with E-state index in [1.54, 1.807) is 9.77 Å². The van der Waals surface area contributed by atoms with Gasteiger partial charge in [0.05, 0.1) is 4.21 Å². The van der Waals surface area contributed by atoms with Crippen LogP contribution in [0, 0.1) is 5.92 Å². The molecular formula is C17H27NS2. The van der Waals surface area contributed by atoms with Crippen LogP contribution in [0.5, 0.6) is 0 Å². The summed E-state index contributed by atoms with van der Waals surface area (Å²) in [6.07, 6.45) is 9.81. The van der Waals surface area contributed by atoms with Crippen molar-refractivity contribution in [3.05, 3.63) is 17.0 Å². The van der Waals surface area contributed by atoms with Gasteiger partial charge in [-0.1, -0.05) is 33.1 Å². The predicted octanol–water partition coefficient (Wildman–Crippen LogP) is 5.62. The SMILES string of the molecule is CCC(NC1C[C@H](C)Sc2sccc21)C1CCCCC1. The molecule has 20 heavy (non-hydrogen) atoms. The molecule has 0 amide bonds. The number of nitrogens with one attached hydrogen (secondary N) is 1. The van der Waals surface area contributed by atoms with Gasteiger partial charge in [0, 0.05) is 17.3 Å². The first-order chi connectivity index (χ1) is 9.78. The molecule has 1 aliphatic carbocycles. The molecule has 2 aliphatic rings. The van der Waals surface area contributed by atoms with Crippen molar-refractivity contribution in [1.82, 2.24) is 5.32 Å². The van der Waals surface area contributed by atoms with Crippen molar-refractivity contribution in [2.45, 2.75) is 80.3 Å². The molecule has 0 spiro atoms. The summed E-state index contributed by atoms with van der Waals surface area (Å²) in [5.41, 5.74) is 1.58. The Kier molecular flexibility index (Phi) is 5.11. The van der Waals surface area contributed by atoms with Gasteiger partial charge in [-0.3, -0.25) is 0 Å². The van der Waals surface area contributed by atoms with Gasteiger partial charge >= 0.3 is 0 Å². The van der Waals surface area contributed by atoms with Gasteiger partial charge in [0.1, 0.15) is 0 Å². The molecule has 112 valence electrons. The highest BCUT2D eigenvalue weighted by atomic mass is 32.2. The number of thiophene rings is 1. The summed E-state index contributed by atoms with van der Waals surface area (Å²) in [5, 5.41) is 7.06. The molecule has 2 heterocycles. The first-order valence-corrected chi connectivity index (χ1v) is 10.0. The molecule has 1 nitrogen and oxygen atoms in total. The number of fused-ring (bicyclic) bond motifs is 1. The average Bonchev–Trinajstić information content (AvgIpc) is 2.93. The minimum Gasteiger partial charge on any atom is -0.307 e. The Balaban J connectivity index is 1.69. The minimum atomic E-state index is 0.597. The van der Waals surface area contributed by atoms with Gasteiger partial charge in [-0.05, 0) is 48.6 Å². The third-order valence-corrected chi connectivity index (χ3v) is 7.33. The summed E-state index contributed by atoms with van der Waals surface area (Å²) in [5.74, 6) is 0.917. The third kappa shape index (κ3) is 3.26. The summed E-state index contributed by atoms with van der Waals surface area (Å²) < 4.78 is 1.56. The molecule has 2 unspecified atom stereocenters. The van der Waals surface area contributed by atoms with Crippen LogP contribution in [0.1, 0.15) is 70.4 Å². The lowest BCUT2D eigenvalue weighted by Gasteiger charge is -2.36. The fraction of sp³-hybridized carbons (Fsp3) is 0.765. The maximum absolute atomic E-state index is 4.04. The molecule has 0 saturated heterocycles. The molecule has 1 aromatic rings. The van der Waals surface area contributed by atoms with E-state index in [1.807, 2.05) is 11.3 Å². The maximum Gasteiger partial charge on any atom is 0.0649 e. The summed E-state index contributed by atoms with van der Waals surface area (Å²) in [6, 6.07) is 3.67. The number of hydrogen-bond acceptors (Lipinski definition) is 3. The normalized spacial score (nSPS) is 29.1. The highest BCUT2D eigenvalue weighted by molar-refractivity contribution is 8.01. The van der Waals surface area contributed by atoms with Crippen LogP contribution in [0.2, 0.25) is 0 Å². The lowest BCUT2D eigenvalue weighted by molar-refractivity contribution is 0.241. The average molecular weight is 310 g/mol. The number of thioether (sulfide) groups is 1. The summed E-state index contributed by atoms with van der Waals surface area (Å²) in [6.45, 7) is 4.74. The Morgan fingerprint density at radius 2 is 2.10 bits per heavy atom. The van der Waals surface area contributed by atoms with Crippen LogP contribution in [0.25, 0.3) is 0 Å². The van der Waals surface area contributed by atoms with E-state index in [1.165, 1.54) is 44.9 Å². The van der Waals surface area contributed by atoms with Gasteiger partial charge in [0.15, 0.2) is 0 Å². The number of hydrogen-bond donors (Lipinski definition) is 1. The molecule has 1 fully saturated rings. The van der Waals surface area contributed by atoms with Crippen LogP contribution in [0.15, 0.2) is 15.7 Å². The number of rotatable bonds is 4. The van der Waals surface area contributed by atoms with Crippen LogP contribution < -0.4 is 5.32 Å². The quantitative estimate of drug-likeness (QED) is 0.774. The van der Waals surface area contributed by atoms with E-state index in [2.05, 4.69) is 42.4 Å². The van der Waals surface area contributed by atoms with Crippen LogP contribution in [-0.2, 0) is 0 Å². The van der Waals surface area contributed by atoms with Crippen molar-refractivity contribution in [2.75, 3.05) is 0 Å². The van der Waals surface area contributed by atoms with E-state index in [9.17, 15) is 0 Å². The minimum absolute atomic E-state index is 0.597. The van der Waals surface area contributed by atoms with Crippen molar-refractivity contribution < 1.29 is 0 Å². The Morgan fingerprint density at radius 3 is 2.85 bits per heavy atom. The van der Waals surface area contributed by atoms with Crippen molar-refractivity contribution in [1.29, 1.82) is 0 Å².